The van der Waals surface area contributed by atoms with E-state index < -0.39 is 0 Å². The molecule has 2 N–H and O–H groups in total. The zero-order valence-corrected chi connectivity index (χ0v) is 10.8. The van der Waals surface area contributed by atoms with E-state index in [1.54, 1.807) is 22.9 Å². The van der Waals surface area contributed by atoms with Gasteiger partial charge >= 0.3 is 0 Å². The lowest BCUT2D eigenvalue weighted by Gasteiger charge is -2.14. The standard InChI is InChI=1S/C11H12Cl2N4/c1-17-10(15-6-16-17)5-9(14)11-7(12)3-2-4-8(11)13/h2-4,6,9H,5,14H2,1H3. The topological polar surface area (TPSA) is 56.7 Å². The molecule has 0 aliphatic rings. The molecule has 1 unspecified atom stereocenters. The van der Waals surface area contributed by atoms with Crippen LogP contribution in [0.3, 0.4) is 0 Å². The van der Waals surface area contributed by atoms with E-state index in [0.717, 1.165) is 11.4 Å². The Morgan fingerprint density at radius 1 is 1.35 bits per heavy atom. The molecule has 0 radical (unpaired) electrons. The summed E-state index contributed by atoms with van der Waals surface area (Å²) in [7, 11) is 1.82. The molecule has 1 aromatic heterocycles. The van der Waals surface area contributed by atoms with Crippen molar-refractivity contribution in [3.05, 3.63) is 46.0 Å². The second-order valence-electron chi connectivity index (χ2n) is 3.75. The summed E-state index contributed by atoms with van der Waals surface area (Å²) in [5.41, 5.74) is 6.86. The predicted octanol–water partition coefficient (Wildman–Crippen LogP) is 2.36. The van der Waals surface area contributed by atoms with E-state index in [0.29, 0.717) is 16.5 Å². The molecular formula is C11H12Cl2N4. The van der Waals surface area contributed by atoms with Gasteiger partial charge in [0.25, 0.3) is 0 Å². The van der Waals surface area contributed by atoms with Crippen LogP contribution < -0.4 is 5.73 Å². The van der Waals surface area contributed by atoms with Gasteiger partial charge in [0.1, 0.15) is 12.2 Å². The van der Waals surface area contributed by atoms with E-state index in [2.05, 4.69) is 10.1 Å². The van der Waals surface area contributed by atoms with Gasteiger partial charge in [-0.25, -0.2) is 4.98 Å². The monoisotopic (exact) mass is 270 g/mol. The molecule has 1 heterocycles. The van der Waals surface area contributed by atoms with E-state index in [-0.39, 0.29) is 6.04 Å². The van der Waals surface area contributed by atoms with Crippen molar-refractivity contribution < 1.29 is 0 Å². The quantitative estimate of drug-likeness (QED) is 0.932. The molecule has 0 aliphatic carbocycles. The molecule has 17 heavy (non-hydrogen) atoms. The second kappa shape index (κ2) is 5.04. The molecule has 90 valence electrons. The van der Waals surface area contributed by atoms with Crippen LogP contribution in [0.2, 0.25) is 10.0 Å². The Labute approximate surface area is 109 Å². The van der Waals surface area contributed by atoms with E-state index >= 15 is 0 Å². The normalized spacial score (nSPS) is 12.7. The summed E-state index contributed by atoms with van der Waals surface area (Å²) in [4.78, 5) is 4.13. The summed E-state index contributed by atoms with van der Waals surface area (Å²) in [6.45, 7) is 0. The highest BCUT2D eigenvalue weighted by atomic mass is 35.5. The first kappa shape index (κ1) is 12.4. The van der Waals surface area contributed by atoms with E-state index in [4.69, 9.17) is 28.9 Å². The lowest BCUT2D eigenvalue weighted by atomic mass is 10.0. The fourth-order valence-electron chi connectivity index (χ4n) is 1.67. The van der Waals surface area contributed by atoms with E-state index in [9.17, 15) is 0 Å². The average molecular weight is 271 g/mol. The maximum atomic E-state index is 6.11. The van der Waals surface area contributed by atoms with Crippen molar-refractivity contribution in [1.29, 1.82) is 0 Å². The molecular weight excluding hydrogens is 259 g/mol. The van der Waals surface area contributed by atoms with Crippen LogP contribution in [0, 0.1) is 0 Å². The van der Waals surface area contributed by atoms with Crippen molar-refractivity contribution >= 4 is 23.2 Å². The Morgan fingerprint density at radius 3 is 2.53 bits per heavy atom. The highest BCUT2D eigenvalue weighted by molar-refractivity contribution is 6.36. The summed E-state index contributed by atoms with van der Waals surface area (Å²) >= 11 is 12.2. The lowest BCUT2D eigenvalue weighted by Crippen LogP contribution is -2.17. The fraction of sp³-hybridized carbons (Fsp3) is 0.273. The first-order valence-electron chi connectivity index (χ1n) is 5.12. The number of hydrogen-bond acceptors (Lipinski definition) is 3. The minimum atomic E-state index is -0.293. The minimum absolute atomic E-state index is 0.293. The van der Waals surface area contributed by atoms with Gasteiger partial charge in [-0.05, 0) is 12.1 Å². The molecule has 0 bridgehead atoms. The Kier molecular flexibility index (Phi) is 3.66. The van der Waals surface area contributed by atoms with Gasteiger partial charge in [0.15, 0.2) is 0 Å². The van der Waals surface area contributed by atoms with Gasteiger partial charge in [0, 0.05) is 35.1 Å². The van der Waals surface area contributed by atoms with E-state index in [1.165, 1.54) is 6.33 Å². The van der Waals surface area contributed by atoms with E-state index in [1.807, 2.05) is 7.05 Å². The molecule has 0 saturated carbocycles. The summed E-state index contributed by atoms with van der Waals surface area (Å²) in [5, 5.41) is 5.14. The van der Waals surface area contributed by atoms with Gasteiger partial charge in [0.05, 0.1) is 0 Å². The van der Waals surface area contributed by atoms with Crippen LogP contribution in [-0.2, 0) is 13.5 Å². The van der Waals surface area contributed by atoms with Crippen LogP contribution in [0.5, 0.6) is 0 Å². The van der Waals surface area contributed by atoms with Crippen LogP contribution >= 0.6 is 23.2 Å². The van der Waals surface area contributed by atoms with Gasteiger partial charge < -0.3 is 5.73 Å². The zero-order chi connectivity index (χ0) is 12.4. The largest absolute Gasteiger partial charge is 0.323 e. The predicted molar refractivity (Wildman–Crippen MR) is 68.1 cm³/mol. The Hall–Kier alpha value is -1.10. The van der Waals surface area contributed by atoms with Crippen LogP contribution in [-0.4, -0.2) is 14.8 Å². The summed E-state index contributed by atoms with van der Waals surface area (Å²) < 4.78 is 1.69. The van der Waals surface area contributed by atoms with Crippen molar-refractivity contribution in [3.8, 4) is 0 Å². The summed E-state index contributed by atoms with van der Waals surface area (Å²) in [5.74, 6) is 0.800. The summed E-state index contributed by atoms with van der Waals surface area (Å²) in [6.07, 6.45) is 2.04. The van der Waals surface area contributed by atoms with Crippen molar-refractivity contribution in [1.82, 2.24) is 14.8 Å². The van der Waals surface area contributed by atoms with Gasteiger partial charge in [-0.2, -0.15) is 5.10 Å². The Bertz CT molecular complexity index is 504. The number of aryl methyl sites for hydroxylation is 1. The Balaban J connectivity index is 2.26. The molecule has 0 amide bonds. The van der Waals surface area contributed by atoms with Gasteiger partial charge in [-0.15, -0.1) is 0 Å². The molecule has 0 spiro atoms. The van der Waals surface area contributed by atoms with Gasteiger partial charge in [-0.1, -0.05) is 29.3 Å². The number of rotatable bonds is 3. The number of nitrogens with two attached hydrogens (primary N) is 1. The molecule has 0 aliphatic heterocycles. The number of halogens is 2. The Morgan fingerprint density at radius 2 is 2.00 bits per heavy atom. The summed E-state index contributed by atoms with van der Waals surface area (Å²) in [6, 6.07) is 5.06. The third-order valence-corrected chi connectivity index (χ3v) is 3.24. The second-order valence-corrected chi connectivity index (χ2v) is 4.56. The van der Waals surface area contributed by atoms with Gasteiger partial charge in [0.2, 0.25) is 0 Å². The fourth-order valence-corrected chi connectivity index (χ4v) is 2.35. The average Bonchev–Trinajstić information content (AvgIpc) is 2.64. The highest BCUT2D eigenvalue weighted by Crippen LogP contribution is 2.30. The van der Waals surface area contributed by atoms with Crippen LogP contribution in [0.15, 0.2) is 24.5 Å². The molecule has 1 aromatic carbocycles. The molecule has 1 atom stereocenters. The van der Waals surface area contributed by atoms with Crippen molar-refractivity contribution in [2.24, 2.45) is 12.8 Å². The first-order chi connectivity index (χ1) is 8.09. The van der Waals surface area contributed by atoms with Crippen molar-refractivity contribution in [2.45, 2.75) is 12.5 Å². The smallest absolute Gasteiger partial charge is 0.138 e. The highest BCUT2D eigenvalue weighted by Gasteiger charge is 2.16. The molecule has 2 rings (SSSR count). The molecule has 0 saturated heterocycles. The minimum Gasteiger partial charge on any atom is -0.323 e. The number of benzene rings is 1. The molecule has 2 aromatic rings. The lowest BCUT2D eigenvalue weighted by molar-refractivity contribution is 0.630. The third kappa shape index (κ3) is 2.60. The van der Waals surface area contributed by atoms with Crippen molar-refractivity contribution in [3.63, 3.8) is 0 Å². The van der Waals surface area contributed by atoms with Crippen LogP contribution in [0.4, 0.5) is 0 Å². The SMILES string of the molecule is Cn1ncnc1CC(N)c1c(Cl)cccc1Cl. The van der Waals surface area contributed by atoms with Crippen molar-refractivity contribution in [2.75, 3.05) is 0 Å². The number of hydrogen-bond donors (Lipinski definition) is 1. The maximum Gasteiger partial charge on any atom is 0.138 e. The third-order valence-electron chi connectivity index (χ3n) is 2.58. The van der Waals surface area contributed by atoms with Crippen LogP contribution in [0.1, 0.15) is 17.4 Å². The molecule has 6 heteroatoms. The van der Waals surface area contributed by atoms with Gasteiger partial charge in [-0.3, -0.25) is 4.68 Å². The number of nitrogens with zero attached hydrogens (tertiary/aromatic N) is 3. The first-order valence-corrected chi connectivity index (χ1v) is 5.87. The maximum absolute atomic E-state index is 6.11. The molecule has 4 nitrogen and oxygen atoms in total. The van der Waals surface area contributed by atoms with Crippen LogP contribution in [0.25, 0.3) is 0 Å². The number of aromatic nitrogens is 3. The zero-order valence-electron chi connectivity index (χ0n) is 9.27. The molecule has 0 fully saturated rings.